The molecule has 2 rings (SSSR count). The molecule has 1 atom stereocenters. The summed E-state index contributed by atoms with van der Waals surface area (Å²) >= 11 is 0. The van der Waals surface area contributed by atoms with Gasteiger partial charge in [-0.3, -0.25) is 4.98 Å². The number of aliphatic hydroxyl groups is 1. The molecule has 1 aromatic heterocycles. The van der Waals surface area contributed by atoms with Crippen LogP contribution < -0.4 is 10.6 Å². The average molecular weight is 208 g/mol. The summed E-state index contributed by atoms with van der Waals surface area (Å²) in [6.07, 6.45) is 5.79. The van der Waals surface area contributed by atoms with Crippen LogP contribution in [0.1, 0.15) is 24.6 Å². The topological polar surface area (TPSA) is 70.1 Å². The van der Waals surface area contributed by atoms with Crippen molar-refractivity contribution in [1.82, 2.24) is 15.3 Å². The largest absolute Gasteiger partial charge is 0.395 e. The van der Waals surface area contributed by atoms with Crippen LogP contribution in [0.4, 0.5) is 5.82 Å². The standard InChI is InChI=1S/C10H16N4O/c15-5-4-13-10-7-11-6-9(14-10)8-2-1-3-12-8/h6-8,12,15H,1-5H2,(H,13,14). The molecule has 1 aromatic rings. The molecule has 0 bridgehead atoms. The molecule has 0 aromatic carbocycles. The Hall–Kier alpha value is -1.20. The molecule has 0 spiro atoms. The van der Waals surface area contributed by atoms with Crippen LogP contribution in [0.25, 0.3) is 0 Å². The number of hydrogen-bond donors (Lipinski definition) is 3. The molecule has 82 valence electrons. The summed E-state index contributed by atoms with van der Waals surface area (Å²) in [5.41, 5.74) is 0.982. The van der Waals surface area contributed by atoms with Gasteiger partial charge in [0.05, 0.1) is 30.7 Å². The minimum Gasteiger partial charge on any atom is -0.395 e. The number of anilines is 1. The predicted octanol–water partition coefficient (Wildman–Crippen LogP) is 0.305. The van der Waals surface area contributed by atoms with Crippen LogP contribution in [0, 0.1) is 0 Å². The van der Waals surface area contributed by atoms with Crippen molar-refractivity contribution in [3.8, 4) is 0 Å². The van der Waals surface area contributed by atoms with E-state index in [2.05, 4.69) is 20.6 Å². The smallest absolute Gasteiger partial charge is 0.144 e. The van der Waals surface area contributed by atoms with Gasteiger partial charge >= 0.3 is 0 Å². The molecule has 1 fully saturated rings. The zero-order valence-electron chi connectivity index (χ0n) is 8.61. The lowest BCUT2D eigenvalue weighted by molar-refractivity contribution is 0.311. The van der Waals surface area contributed by atoms with E-state index in [4.69, 9.17) is 5.11 Å². The molecule has 0 aliphatic carbocycles. The highest BCUT2D eigenvalue weighted by Crippen LogP contribution is 2.21. The first-order valence-corrected chi connectivity index (χ1v) is 5.30. The Bertz CT molecular complexity index is 312. The van der Waals surface area contributed by atoms with E-state index in [1.54, 1.807) is 12.4 Å². The predicted molar refractivity (Wildman–Crippen MR) is 57.6 cm³/mol. The Balaban J connectivity index is 2.04. The number of aromatic nitrogens is 2. The zero-order chi connectivity index (χ0) is 10.5. The van der Waals surface area contributed by atoms with E-state index in [0.717, 1.165) is 24.5 Å². The van der Waals surface area contributed by atoms with Gasteiger partial charge in [0.25, 0.3) is 0 Å². The Kier molecular flexibility index (Phi) is 3.47. The molecule has 1 aliphatic heterocycles. The van der Waals surface area contributed by atoms with E-state index in [1.165, 1.54) is 6.42 Å². The zero-order valence-corrected chi connectivity index (χ0v) is 8.61. The van der Waals surface area contributed by atoms with Crippen LogP contribution >= 0.6 is 0 Å². The van der Waals surface area contributed by atoms with E-state index in [9.17, 15) is 0 Å². The first-order chi connectivity index (χ1) is 7.40. The molecule has 1 aliphatic rings. The number of hydrogen-bond acceptors (Lipinski definition) is 5. The fraction of sp³-hybridized carbons (Fsp3) is 0.600. The third-order valence-electron chi connectivity index (χ3n) is 2.49. The molecule has 0 radical (unpaired) electrons. The summed E-state index contributed by atoms with van der Waals surface area (Å²) < 4.78 is 0. The van der Waals surface area contributed by atoms with E-state index in [0.29, 0.717) is 12.6 Å². The maximum absolute atomic E-state index is 8.69. The minimum atomic E-state index is 0.105. The van der Waals surface area contributed by atoms with Gasteiger partial charge in [-0.1, -0.05) is 0 Å². The van der Waals surface area contributed by atoms with Gasteiger partial charge in [-0.15, -0.1) is 0 Å². The van der Waals surface area contributed by atoms with Gasteiger partial charge in [0, 0.05) is 6.54 Å². The Morgan fingerprint density at radius 3 is 3.20 bits per heavy atom. The first-order valence-electron chi connectivity index (χ1n) is 5.30. The second-order valence-electron chi connectivity index (χ2n) is 3.63. The monoisotopic (exact) mass is 208 g/mol. The van der Waals surface area contributed by atoms with E-state index >= 15 is 0 Å². The van der Waals surface area contributed by atoms with E-state index in [-0.39, 0.29) is 6.61 Å². The van der Waals surface area contributed by atoms with E-state index in [1.807, 2.05) is 0 Å². The van der Waals surface area contributed by atoms with Gasteiger partial charge in [0.1, 0.15) is 5.82 Å². The van der Waals surface area contributed by atoms with Gasteiger partial charge in [0.2, 0.25) is 0 Å². The lowest BCUT2D eigenvalue weighted by Gasteiger charge is -2.10. The summed E-state index contributed by atoms with van der Waals surface area (Å²) in [7, 11) is 0. The third-order valence-corrected chi connectivity index (χ3v) is 2.49. The highest BCUT2D eigenvalue weighted by Gasteiger charge is 2.17. The fourth-order valence-electron chi connectivity index (χ4n) is 1.76. The maximum Gasteiger partial charge on any atom is 0.144 e. The normalized spacial score (nSPS) is 20.5. The SMILES string of the molecule is OCCNc1cncc(C2CCCN2)n1. The number of nitrogens with one attached hydrogen (secondary N) is 2. The van der Waals surface area contributed by atoms with Gasteiger partial charge < -0.3 is 15.7 Å². The molecule has 15 heavy (non-hydrogen) atoms. The third kappa shape index (κ3) is 2.64. The summed E-state index contributed by atoms with van der Waals surface area (Å²) in [6, 6.07) is 0.341. The molecule has 0 amide bonds. The quantitative estimate of drug-likeness (QED) is 0.664. The van der Waals surface area contributed by atoms with Gasteiger partial charge in [-0.25, -0.2) is 4.98 Å². The number of nitrogens with zero attached hydrogens (tertiary/aromatic N) is 2. The highest BCUT2D eigenvalue weighted by atomic mass is 16.3. The molecule has 0 saturated carbocycles. The summed E-state index contributed by atoms with van der Waals surface area (Å²) in [6.45, 7) is 1.67. The molecule has 5 heteroatoms. The van der Waals surface area contributed by atoms with Crippen LogP contribution in [0.15, 0.2) is 12.4 Å². The van der Waals surface area contributed by atoms with Crippen molar-refractivity contribution >= 4 is 5.82 Å². The van der Waals surface area contributed by atoms with Gasteiger partial charge in [-0.2, -0.15) is 0 Å². The first kappa shape index (κ1) is 10.3. The summed E-state index contributed by atoms with van der Waals surface area (Å²) in [5.74, 6) is 0.732. The van der Waals surface area contributed by atoms with Crippen LogP contribution in [-0.4, -0.2) is 34.8 Å². The van der Waals surface area contributed by atoms with Crippen molar-refractivity contribution in [3.05, 3.63) is 18.1 Å². The Morgan fingerprint density at radius 1 is 1.53 bits per heavy atom. The van der Waals surface area contributed by atoms with Gasteiger partial charge in [-0.05, 0) is 19.4 Å². The highest BCUT2D eigenvalue weighted by molar-refractivity contribution is 5.32. The Labute approximate surface area is 88.9 Å². The van der Waals surface area contributed by atoms with Crippen molar-refractivity contribution in [2.75, 3.05) is 25.0 Å². The number of rotatable bonds is 4. The van der Waals surface area contributed by atoms with Crippen LogP contribution in [0.2, 0.25) is 0 Å². The molecule has 5 nitrogen and oxygen atoms in total. The summed E-state index contributed by atoms with van der Waals surface area (Å²) in [5, 5.41) is 15.1. The minimum absolute atomic E-state index is 0.105. The van der Waals surface area contributed by atoms with E-state index < -0.39 is 0 Å². The average Bonchev–Trinajstić information content (AvgIpc) is 2.80. The van der Waals surface area contributed by atoms with Crippen molar-refractivity contribution in [2.24, 2.45) is 0 Å². The molecular weight excluding hydrogens is 192 g/mol. The maximum atomic E-state index is 8.69. The lowest BCUT2D eigenvalue weighted by Crippen LogP contribution is -2.16. The molecule has 3 N–H and O–H groups in total. The van der Waals surface area contributed by atoms with Crippen LogP contribution in [-0.2, 0) is 0 Å². The second-order valence-corrected chi connectivity index (χ2v) is 3.63. The molecule has 1 saturated heterocycles. The Morgan fingerprint density at radius 2 is 2.47 bits per heavy atom. The van der Waals surface area contributed by atoms with Crippen molar-refractivity contribution in [3.63, 3.8) is 0 Å². The summed E-state index contributed by atoms with van der Waals surface area (Å²) in [4.78, 5) is 8.58. The second kappa shape index (κ2) is 5.04. The van der Waals surface area contributed by atoms with Crippen molar-refractivity contribution in [1.29, 1.82) is 0 Å². The lowest BCUT2D eigenvalue weighted by atomic mass is 10.2. The fourth-order valence-corrected chi connectivity index (χ4v) is 1.76. The van der Waals surface area contributed by atoms with Crippen LogP contribution in [0.5, 0.6) is 0 Å². The molecule has 1 unspecified atom stereocenters. The van der Waals surface area contributed by atoms with Crippen molar-refractivity contribution in [2.45, 2.75) is 18.9 Å². The van der Waals surface area contributed by atoms with Gasteiger partial charge in [0.15, 0.2) is 0 Å². The number of aliphatic hydroxyl groups excluding tert-OH is 1. The molecular formula is C10H16N4O. The molecule has 2 heterocycles. The van der Waals surface area contributed by atoms with Crippen LogP contribution in [0.3, 0.4) is 0 Å². The van der Waals surface area contributed by atoms with Crippen molar-refractivity contribution < 1.29 is 5.11 Å².